The molecule has 1 amide bonds. The molecule has 2 fully saturated rings. The van der Waals surface area contributed by atoms with Gasteiger partial charge in [0.15, 0.2) is 0 Å². The Kier molecular flexibility index (Phi) is 2.63. The molecule has 2 aliphatic heterocycles. The molecule has 0 bridgehead atoms. The molecule has 1 aromatic carbocycles. The van der Waals surface area contributed by atoms with Gasteiger partial charge < -0.3 is 10.2 Å². The van der Waals surface area contributed by atoms with Crippen molar-refractivity contribution in [2.75, 3.05) is 19.6 Å². The number of carbonyl (C=O) groups excluding carboxylic acids is 1. The van der Waals surface area contributed by atoms with Gasteiger partial charge in [-0.2, -0.15) is 5.10 Å². The van der Waals surface area contributed by atoms with Gasteiger partial charge in [0.2, 0.25) is 0 Å². The molecule has 4 rings (SSSR count). The highest BCUT2D eigenvalue weighted by Crippen LogP contribution is 2.41. The summed E-state index contributed by atoms with van der Waals surface area (Å²) in [6.45, 7) is 7.28. The fraction of sp³-hybridized carbons (Fsp3) is 0.500. The third-order valence-electron chi connectivity index (χ3n) is 5.29. The van der Waals surface area contributed by atoms with E-state index in [1.807, 2.05) is 18.2 Å². The van der Waals surface area contributed by atoms with Crippen LogP contribution in [0.25, 0.3) is 10.9 Å². The van der Waals surface area contributed by atoms with Crippen molar-refractivity contribution in [2.24, 2.45) is 11.8 Å². The molecule has 2 unspecified atom stereocenters. The summed E-state index contributed by atoms with van der Waals surface area (Å²) in [7, 11) is 0. The van der Waals surface area contributed by atoms with E-state index in [4.69, 9.17) is 0 Å². The fourth-order valence-electron chi connectivity index (χ4n) is 3.99. The minimum atomic E-state index is -0.0891. The van der Waals surface area contributed by atoms with Gasteiger partial charge in [0.05, 0.1) is 11.7 Å². The first-order valence-corrected chi connectivity index (χ1v) is 7.53. The summed E-state index contributed by atoms with van der Waals surface area (Å²) in [6, 6.07) is 5.77. The van der Waals surface area contributed by atoms with Crippen LogP contribution in [0.5, 0.6) is 0 Å². The van der Waals surface area contributed by atoms with Gasteiger partial charge in [-0.05, 0) is 37.8 Å². The minimum Gasteiger partial charge on any atom is -0.333 e. The highest BCUT2D eigenvalue weighted by atomic mass is 16.2. The second-order valence-electron chi connectivity index (χ2n) is 6.77. The SMILES string of the molecule is CC1(C)C2CNCC2CN1C(=O)c1ccc2cn[nH]c2c1. The number of fused-ring (bicyclic) bond motifs is 2. The quantitative estimate of drug-likeness (QED) is 0.837. The Balaban J connectivity index is 1.68. The van der Waals surface area contributed by atoms with E-state index in [9.17, 15) is 4.79 Å². The molecule has 3 heterocycles. The number of aromatic amines is 1. The van der Waals surface area contributed by atoms with Crippen molar-refractivity contribution >= 4 is 16.8 Å². The molecule has 0 saturated carbocycles. The molecule has 2 N–H and O–H groups in total. The first kappa shape index (κ1) is 12.8. The van der Waals surface area contributed by atoms with Gasteiger partial charge in [0, 0.05) is 36.1 Å². The Morgan fingerprint density at radius 2 is 2.24 bits per heavy atom. The number of H-pyrrole nitrogens is 1. The predicted molar refractivity (Wildman–Crippen MR) is 81.1 cm³/mol. The van der Waals surface area contributed by atoms with Gasteiger partial charge in [-0.25, -0.2) is 0 Å². The van der Waals surface area contributed by atoms with Crippen LogP contribution in [0.2, 0.25) is 0 Å². The zero-order chi connectivity index (χ0) is 14.6. The molecule has 1 aromatic heterocycles. The number of nitrogens with zero attached hydrogens (tertiary/aromatic N) is 2. The Hall–Kier alpha value is -1.88. The van der Waals surface area contributed by atoms with Crippen LogP contribution in [0, 0.1) is 11.8 Å². The summed E-state index contributed by atoms with van der Waals surface area (Å²) in [5.41, 5.74) is 1.57. The third kappa shape index (κ3) is 1.80. The maximum Gasteiger partial charge on any atom is 0.254 e. The lowest BCUT2D eigenvalue weighted by molar-refractivity contribution is 0.0603. The number of aromatic nitrogens is 2. The number of amides is 1. The minimum absolute atomic E-state index is 0.0891. The molecule has 0 radical (unpaired) electrons. The second-order valence-corrected chi connectivity index (χ2v) is 6.77. The van der Waals surface area contributed by atoms with E-state index >= 15 is 0 Å². The molecule has 5 heteroatoms. The lowest BCUT2D eigenvalue weighted by atomic mass is 9.84. The summed E-state index contributed by atoms with van der Waals surface area (Å²) in [5, 5.41) is 11.4. The largest absolute Gasteiger partial charge is 0.333 e. The summed E-state index contributed by atoms with van der Waals surface area (Å²) in [4.78, 5) is 15.0. The number of likely N-dealkylation sites (tertiary alicyclic amines) is 1. The Morgan fingerprint density at radius 1 is 1.38 bits per heavy atom. The Morgan fingerprint density at radius 3 is 3.05 bits per heavy atom. The summed E-state index contributed by atoms with van der Waals surface area (Å²) < 4.78 is 0. The molecule has 2 aliphatic rings. The number of carbonyl (C=O) groups is 1. The smallest absolute Gasteiger partial charge is 0.254 e. The van der Waals surface area contributed by atoms with Gasteiger partial charge in [-0.15, -0.1) is 0 Å². The predicted octanol–water partition coefficient (Wildman–Crippen LogP) is 1.63. The van der Waals surface area contributed by atoms with E-state index in [0.717, 1.165) is 36.1 Å². The molecule has 110 valence electrons. The van der Waals surface area contributed by atoms with E-state index in [1.54, 1.807) is 6.20 Å². The molecule has 5 nitrogen and oxygen atoms in total. The second kappa shape index (κ2) is 4.31. The van der Waals surface area contributed by atoms with Gasteiger partial charge >= 0.3 is 0 Å². The van der Waals surface area contributed by atoms with Crippen molar-refractivity contribution in [3.05, 3.63) is 30.0 Å². The van der Waals surface area contributed by atoms with Crippen LogP contribution in [-0.2, 0) is 0 Å². The van der Waals surface area contributed by atoms with Crippen LogP contribution in [0.15, 0.2) is 24.4 Å². The van der Waals surface area contributed by atoms with E-state index in [1.165, 1.54) is 0 Å². The molecular formula is C16H20N4O. The summed E-state index contributed by atoms with van der Waals surface area (Å²) in [6.07, 6.45) is 1.78. The van der Waals surface area contributed by atoms with Crippen LogP contribution in [0.1, 0.15) is 24.2 Å². The molecule has 0 spiro atoms. The van der Waals surface area contributed by atoms with Crippen LogP contribution in [-0.4, -0.2) is 46.2 Å². The zero-order valence-electron chi connectivity index (χ0n) is 12.4. The third-order valence-corrected chi connectivity index (χ3v) is 5.29. The summed E-state index contributed by atoms with van der Waals surface area (Å²) >= 11 is 0. The summed E-state index contributed by atoms with van der Waals surface area (Å²) in [5.74, 6) is 1.27. The molecular weight excluding hydrogens is 264 g/mol. The lowest BCUT2D eigenvalue weighted by Crippen LogP contribution is -2.47. The van der Waals surface area contributed by atoms with Crippen molar-refractivity contribution in [2.45, 2.75) is 19.4 Å². The Bertz CT molecular complexity index is 705. The van der Waals surface area contributed by atoms with Crippen molar-refractivity contribution in [1.29, 1.82) is 0 Å². The maximum atomic E-state index is 12.9. The van der Waals surface area contributed by atoms with Crippen LogP contribution in [0.4, 0.5) is 0 Å². The monoisotopic (exact) mass is 284 g/mol. The van der Waals surface area contributed by atoms with Crippen LogP contribution < -0.4 is 5.32 Å². The van der Waals surface area contributed by atoms with Gasteiger partial charge in [0.25, 0.3) is 5.91 Å². The van der Waals surface area contributed by atoms with E-state index in [0.29, 0.717) is 11.8 Å². The highest BCUT2D eigenvalue weighted by molar-refractivity contribution is 5.98. The molecule has 21 heavy (non-hydrogen) atoms. The number of hydrogen-bond acceptors (Lipinski definition) is 3. The molecule has 2 aromatic rings. The number of benzene rings is 1. The average molecular weight is 284 g/mol. The van der Waals surface area contributed by atoms with Crippen molar-refractivity contribution in [3.8, 4) is 0 Å². The fourth-order valence-corrected chi connectivity index (χ4v) is 3.99. The topological polar surface area (TPSA) is 61.0 Å². The van der Waals surface area contributed by atoms with E-state index in [-0.39, 0.29) is 11.4 Å². The van der Waals surface area contributed by atoms with Gasteiger partial charge in [-0.1, -0.05) is 6.07 Å². The van der Waals surface area contributed by atoms with Crippen molar-refractivity contribution < 1.29 is 4.79 Å². The van der Waals surface area contributed by atoms with Crippen LogP contribution in [0.3, 0.4) is 0 Å². The molecule has 2 atom stereocenters. The maximum absolute atomic E-state index is 12.9. The van der Waals surface area contributed by atoms with E-state index < -0.39 is 0 Å². The molecule has 2 saturated heterocycles. The first-order valence-electron chi connectivity index (χ1n) is 7.53. The zero-order valence-corrected chi connectivity index (χ0v) is 12.4. The van der Waals surface area contributed by atoms with E-state index in [2.05, 4.69) is 34.3 Å². The Labute approximate surface area is 123 Å². The van der Waals surface area contributed by atoms with Crippen molar-refractivity contribution in [3.63, 3.8) is 0 Å². The highest BCUT2D eigenvalue weighted by Gasteiger charge is 2.51. The first-order chi connectivity index (χ1) is 10.1. The number of hydrogen-bond donors (Lipinski definition) is 2. The van der Waals surface area contributed by atoms with Gasteiger partial charge in [-0.3, -0.25) is 9.89 Å². The molecule has 0 aliphatic carbocycles. The van der Waals surface area contributed by atoms with Crippen molar-refractivity contribution in [1.82, 2.24) is 20.4 Å². The normalized spacial score (nSPS) is 27.2. The average Bonchev–Trinajstić information content (AvgIpc) is 3.15. The lowest BCUT2D eigenvalue weighted by Gasteiger charge is -2.35. The van der Waals surface area contributed by atoms with Gasteiger partial charge in [0.1, 0.15) is 0 Å². The standard InChI is InChI=1S/C16H20N4O/c1-16(2)13-8-17-6-12(13)9-20(16)15(21)10-3-4-11-7-18-19-14(11)5-10/h3-5,7,12-13,17H,6,8-9H2,1-2H3,(H,18,19). The van der Waals surface area contributed by atoms with Crippen LogP contribution >= 0.6 is 0 Å². The number of rotatable bonds is 1. The number of nitrogens with one attached hydrogen (secondary N) is 2.